The van der Waals surface area contributed by atoms with E-state index in [0.29, 0.717) is 24.3 Å². The van der Waals surface area contributed by atoms with E-state index in [0.717, 1.165) is 23.0 Å². The molecule has 0 aliphatic rings. The van der Waals surface area contributed by atoms with E-state index < -0.39 is 27.7 Å². The standard InChI is InChI=1S/C20H20F4N4O2S/c1-3-27(4-2)18-6-5-13(11-17(18)21)14-9-15(12-16(10-14)31(25,29)30)28-8-7-19(26-28)20(22,23)24/h5-12H,3-4H2,1-2H3,(H2,25,29,30). The van der Waals surface area contributed by atoms with E-state index in [9.17, 15) is 26.0 Å². The Morgan fingerprint density at radius 3 is 2.23 bits per heavy atom. The van der Waals surface area contributed by atoms with Crippen LogP contribution in [0.1, 0.15) is 19.5 Å². The second-order valence-corrected chi connectivity index (χ2v) is 8.30. The van der Waals surface area contributed by atoms with Crippen LogP contribution in [0.4, 0.5) is 23.2 Å². The zero-order valence-corrected chi connectivity index (χ0v) is 17.5. The average Bonchev–Trinajstić information content (AvgIpc) is 3.20. The number of benzene rings is 2. The quantitative estimate of drug-likeness (QED) is 0.564. The Morgan fingerprint density at radius 2 is 1.71 bits per heavy atom. The molecule has 31 heavy (non-hydrogen) atoms. The number of rotatable bonds is 6. The molecule has 0 spiro atoms. The molecule has 2 aromatic carbocycles. The highest BCUT2D eigenvalue weighted by Crippen LogP contribution is 2.31. The predicted molar refractivity (Wildman–Crippen MR) is 109 cm³/mol. The predicted octanol–water partition coefficient (Wildman–Crippen LogP) is 4.19. The molecule has 3 aromatic rings. The highest BCUT2D eigenvalue weighted by Gasteiger charge is 2.33. The van der Waals surface area contributed by atoms with Gasteiger partial charge in [0.15, 0.2) is 5.69 Å². The highest BCUT2D eigenvalue weighted by atomic mass is 32.2. The van der Waals surface area contributed by atoms with Crippen LogP contribution in [0.15, 0.2) is 53.6 Å². The molecule has 1 heterocycles. The van der Waals surface area contributed by atoms with Gasteiger partial charge in [-0.2, -0.15) is 18.3 Å². The number of sulfonamides is 1. The fraction of sp³-hybridized carbons (Fsp3) is 0.250. The molecule has 0 saturated carbocycles. The van der Waals surface area contributed by atoms with Crippen LogP contribution < -0.4 is 10.0 Å². The molecular formula is C20H20F4N4O2S. The first-order valence-corrected chi connectivity index (χ1v) is 10.8. The van der Waals surface area contributed by atoms with E-state index >= 15 is 0 Å². The molecule has 0 bridgehead atoms. The third-order valence-corrected chi connectivity index (χ3v) is 5.64. The highest BCUT2D eigenvalue weighted by molar-refractivity contribution is 7.89. The first-order valence-electron chi connectivity index (χ1n) is 9.30. The summed E-state index contributed by atoms with van der Waals surface area (Å²) in [5.41, 5.74) is -0.118. The second kappa shape index (κ2) is 8.31. The van der Waals surface area contributed by atoms with Crippen molar-refractivity contribution >= 4 is 15.7 Å². The van der Waals surface area contributed by atoms with Crippen molar-refractivity contribution < 1.29 is 26.0 Å². The number of anilines is 1. The van der Waals surface area contributed by atoms with Gasteiger partial charge in [0.05, 0.1) is 16.3 Å². The Hall–Kier alpha value is -2.92. The molecule has 0 atom stereocenters. The summed E-state index contributed by atoms with van der Waals surface area (Å²) in [6.07, 6.45) is -3.60. The van der Waals surface area contributed by atoms with Gasteiger partial charge < -0.3 is 4.90 Å². The Kier molecular flexibility index (Phi) is 6.10. The van der Waals surface area contributed by atoms with E-state index in [4.69, 9.17) is 5.14 Å². The minimum Gasteiger partial charge on any atom is -0.370 e. The SMILES string of the molecule is CCN(CC)c1ccc(-c2cc(-n3ccc(C(F)(F)F)n3)cc(S(N)(=O)=O)c2)cc1F. The van der Waals surface area contributed by atoms with E-state index in [-0.39, 0.29) is 16.1 Å². The van der Waals surface area contributed by atoms with Crippen molar-refractivity contribution in [3.63, 3.8) is 0 Å². The molecule has 0 unspecified atom stereocenters. The maximum Gasteiger partial charge on any atom is 0.435 e. The molecule has 166 valence electrons. The largest absolute Gasteiger partial charge is 0.435 e. The summed E-state index contributed by atoms with van der Waals surface area (Å²) in [4.78, 5) is 1.48. The fourth-order valence-corrected chi connectivity index (χ4v) is 3.75. The van der Waals surface area contributed by atoms with Gasteiger partial charge in [-0.1, -0.05) is 6.07 Å². The molecule has 1 aromatic heterocycles. The molecule has 11 heteroatoms. The van der Waals surface area contributed by atoms with Crippen molar-refractivity contribution in [3.05, 3.63) is 60.2 Å². The molecular weight excluding hydrogens is 436 g/mol. The molecule has 0 aliphatic heterocycles. The second-order valence-electron chi connectivity index (χ2n) is 6.74. The summed E-state index contributed by atoms with van der Waals surface area (Å²) in [5.74, 6) is -0.512. The van der Waals surface area contributed by atoms with Gasteiger partial charge in [-0.15, -0.1) is 0 Å². The number of aromatic nitrogens is 2. The first-order chi connectivity index (χ1) is 14.4. The van der Waals surface area contributed by atoms with Crippen molar-refractivity contribution in [1.29, 1.82) is 0 Å². The molecule has 0 radical (unpaired) electrons. The zero-order valence-electron chi connectivity index (χ0n) is 16.7. The number of alkyl halides is 3. The molecule has 6 nitrogen and oxygen atoms in total. The lowest BCUT2D eigenvalue weighted by molar-refractivity contribution is -0.141. The van der Waals surface area contributed by atoms with Crippen LogP contribution >= 0.6 is 0 Å². The first kappa shape index (κ1) is 22.8. The van der Waals surface area contributed by atoms with E-state index in [2.05, 4.69) is 5.10 Å². The van der Waals surface area contributed by atoms with Crippen molar-refractivity contribution in [2.75, 3.05) is 18.0 Å². The third kappa shape index (κ3) is 4.88. The van der Waals surface area contributed by atoms with Crippen molar-refractivity contribution in [2.45, 2.75) is 24.9 Å². The van der Waals surface area contributed by atoms with Gasteiger partial charge in [0.1, 0.15) is 5.82 Å². The summed E-state index contributed by atoms with van der Waals surface area (Å²) >= 11 is 0. The Morgan fingerprint density at radius 1 is 1.03 bits per heavy atom. The minimum atomic E-state index is -4.66. The van der Waals surface area contributed by atoms with Gasteiger partial charge in [0, 0.05) is 19.3 Å². The Balaban J connectivity index is 2.14. The molecule has 0 aliphatic carbocycles. The van der Waals surface area contributed by atoms with Crippen molar-refractivity contribution in [1.82, 2.24) is 9.78 Å². The van der Waals surface area contributed by atoms with Crippen LogP contribution in [0.2, 0.25) is 0 Å². The lowest BCUT2D eigenvalue weighted by Crippen LogP contribution is -2.22. The van der Waals surface area contributed by atoms with Crippen LogP contribution in [0.3, 0.4) is 0 Å². The minimum absolute atomic E-state index is 0.0326. The lowest BCUT2D eigenvalue weighted by atomic mass is 10.0. The summed E-state index contributed by atoms with van der Waals surface area (Å²) in [7, 11) is -4.19. The lowest BCUT2D eigenvalue weighted by Gasteiger charge is -2.22. The summed E-state index contributed by atoms with van der Waals surface area (Å²) in [5, 5.41) is 8.70. The molecule has 2 N–H and O–H groups in total. The van der Waals surface area contributed by atoms with Gasteiger partial charge in [0.2, 0.25) is 10.0 Å². The summed E-state index contributed by atoms with van der Waals surface area (Å²) in [6, 6.07) is 8.93. The van der Waals surface area contributed by atoms with E-state index in [1.54, 1.807) is 12.1 Å². The molecule has 3 rings (SSSR count). The van der Waals surface area contributed by atoms with Crippen LogP contribution in [-0.4, -0.2) is 31.3 Å². The van der Waals surface area contributed by atoms with Gasteiger partial charge in [-0.25, -0.2) is 22.6 Å². The summed E-state index contributed by atoms with van der Waals surface area (Å²) < 4.78 is 78.2. The number of nitrogens with two attached hydrogens (primary N) is 1. The van der Waals surface area contributed by atoms with Gasteiger partial charge >= 0.3 is 6.18 Å². The van der Waals surface area contributed by atoms with Crippen molar-refractivity contribution in [2.24, 2.45) is 5.14 Å². The van der Waals surface area contributed by atoms with Crippen LogP contribution in [0.25, 0.3) is 16.8 Å². The summed E-state index contributed by atoms with van der Waals surface area (Å²) in [6.45, 7) is 4.97. The Labute approximate surface area is 177 Å². The molecule has 0 saturated heterocycles. The Bertz CT molecular complexity index is 1200. The third-order valence-electron chi connectivity index (χ3n) is 4.75. The van der Waals surface area contributed by atoms with E-state index in [1.165, 1.54) is 18.2 Å². The van der Waals surface area contributed by atoms with Gasteiger partial charge in [0.25, 0.3) is 0 Å². The maximum atomic E-state index is 14.7. The van der Waals surface area contributed by atoms with E-state index in [1.807, 2.05) is 18.7 Å². The molecule has 0 fully saturated rings. The number of hydrogen-bond donors (Lipinski definition) is 1. The number of nitrogens with zero attached hydrogens (tertiary/aromatic N) is 3. The number of primary sulfonamides is 1. The van der Waals surface area contributed by atoms with Crippen molar-refractivity contribution in [3.8, 4) is 16.8 Å². The van der Waals surface area contributed by atoms with Crippen LogP contribution in [-0.2, 0) is 16.2 Å². The van der Waals surface area contributed by atoms with Gasteiger partial charge in [-0.05, 0) is 61.4 Å². The number of halogens is 4. The normalized spacial score (nSPS) is 12.2. The average molecular weight is 456 g/mol. The fourth-order valence-electron chi connectivity index (χ4n) is 3.17. The number of hydrogen-bond acceptors (Lipinski definition) is 4. The smallest absolute Gasteiger partial charge is 0.370 e. The molecule has 0 amide bonds. The topological polar surface area (TPSA) is 81.2 Å². The van der Waals surface area contributed by atoms with Crippen LogP contribution in [0, 0.1) is 5.82 Å². The maximum absolute atomic E-state index is 14.7. The monoisotopic (exact) mass is 456 g/mol. The van der Waals surface area contributed by atoms with Gasteiger partial charge in [-0.3, -0.25) is 0 Å². The zero-order chi connectivity index (χ0) is 23.0. The van der Waals surface area contributed by atoms with Crippen LogP contribution in [0.5, 0.6) is 0 Å².